The van der Waals surface area contributed by atoms with Crippen LogP contribution in [0.4, 0.5) is 0 Å². The number of imidazole rings is 1. The molecule has 0 bridgehead atoms. The van der Waals surface area contributed by atoms with Gasteiger partial charge in [-0.1, -0.05) is 22.0 Å². The van der Waals surface area contributed by atoms with Gasteiger partial charge < -0.3 is 4.74 Å². The van der Waals surface area contributed by atoms with Crippen LogP contribution < -0.4 is 0 Å². The van der Waals surface area contributed by atoms with Crippen LogP contribution in [0.5, 0.6) is 0 Å². The first-order valence-electron chi connectivity index (χ1n) is 4.96. The second-order valence-electron chi connectivity index (χ2n) is 3.23. The quantitative estimate of drug-likeness (QED) is 0.622. The summed E-state index contributed by atoms with van der Waals surface area (Å²) in [6.45, 7) is 2.16. The summed E-state index contributed by atoms with van der Waals surface area (Å²) in [5.41, 5.74) is 2.14. The molecule has 0 radical (unpaired) electrons. The molecule has 2 rings (SSSR count). The third kappa shape index (κ3) is 2.87. The summed E-state index contributed by atoms with van der Waals surface area (Å²) in [6, 6.07) is 5.38. The van der Waals surface area contributed by atoms with Crippen molar-refractivity contribution in [3.8, 4) is 0 Å². The van der Waals surface area contributed by atoms with Gasteiger partial charge in [0.1, 0.15) is 11.3 Å². The number of carbonyl (C=O) groups excluding carboxylic acids is 1. The molecule has 0 amide bonds. The highest BCUT2D eigenvalue weighted by Gasteiger charge is 2.11. The number of pyridine rings is 1. The number of esters is 1. The first kappa shape index (κ1) is 14.2. The van der Waals surface area contributed by atoms with Gasteiger partial charge in [-0.25, -0.2) is 9.78 Å². The van der Waals surface area contributed by atoms with Crippen molar-refractivity contribution >= 4 is 44.5 Å². The number of alkyl halides is 1. The lowest BCUT2D eigenvalue weighted by atomic mass is 10.3. The summed E-state index contributed by atoms with van der Waals surface area (Å²) in [7, 11) is 0. The Morgan fingerprint density at radius 1 is 1.53 bits per heavy atom. The molecule has 0 fully saturated rings. The zero-order chi connectivity index (χ0) is 11.5. The van der Waals surface area contributed by atoms with Crippen LogP contribution in [0, 0.1) is 0 Å². The van der Waals surface area contributed by atoms with Crippen molar-refractivity contribution < 1.29 is 9.53 Å². The zero-order valence-electron chi connectivity index (χ0n) is 9.22. The molecule has 0 aliphatic carbocycles. The first-order valence-corrected chi connectivity index (χ1v) is 6.08. The van der Waals surface area contributed by atoms with Crippen LogP contribution in [0.25, 0.3) is 5.65 Å². The lowest BCUT2D eigenvalue weighted by molar-refractivity contribution is 0.0517. The van der Waals surface area contributed by atoms with Crippen LogP contribution in [0.15, 0.2) is 24.4 Å². The molecule has 4 nitrogen and oxygen atoms in total. The fourth-order valence-corrected chi connectivity index (χ4v) is 1.77. The number of ether oxygens (including phenoxy) is 1. The molecule has 6 heteroatoms. The number of nitrogens with zero attached hydrogens (tertiary/aromatic N) is 2. The number of aromatic nitrogens is 2. The third-order valence-electron chi connectivity index (χ3n) is 2.16. The summed E-state index contributed by atoms with van der Waals surface area (Å²) in [4.78, 5) is 16.0. The van der Waals surface area contributed by atoms with Crippen molar-refractivity contribution in [2.45, 2.75) is 12.3 Å². The molecule has 0 unspecified atom stereocenters. The lowest BCUT2D eigenvalue weighted by Gasteiger charge is -2.03. The number of fused-ring (bicyclic) bond motifs is 1. The fourth-order valence-electron chi connectivity index (χ4n) is 1.50. The molecule has 92 valence electrons. The Morgan fingerprint density at radius 3 is 2.94 bits per heavy atom. The van der Waals surface area contributed by atoms with Crippen molar-refractivity contribution in [2.24, 2.45) is 0 Å². The second kappa shape index (κ2) is 6.16. The molecule has 0 saturated carbocycles. The van der Waals surface area contributed by atoms with Crippen LogP contribution in [-0.2, 0) is 10.1 Å². The predicted molar refractivity (Wildman–Crippen MR) is 74.1 cm³/mol. The number of carbonyl (C=O) groups is 1. The molecule has 0 N–H and O–H groups in total. The maximum absolute atomic E-state index is 11.7. The van der Waals surface area contributed by atoms with E-state index in [1.54, 1.807) is 23.5 Å². The van der Waals surface area contributed by atoms with E-state index >= 15 is 0 Å². The maximum Gasteiger partial charge on any atom is 0.355 e. The Labute approximate surface area is 118 Å². The summed E-state index contributed by atoms with van der Waals surface area (Å²) in [5, 5.41) is 0.664. The van der Waals surface area contributed by atoms with Gasteiger partial charge >= 0.3 is 5.97 Å². The molecular weight excluding hydrogens is 352 g/mol. The Kier molecular flexibility index (Phi) is 5.14. The van der Waals surface area contributed by atoms with Crippen molar-refractivity contribution in [3.63, 3.8) is 0 Å². The molecule has 0 aromatic carbocycles. The van der Waals surface area contributed by atoms with E-state index in [0.29, 0.717) is 17.6 Å². The van der Waals surface area contributed by atoms with E-state index in [1.165, 1.54) is 0 Å². The van der Waals surface area contributed by atoms with E-state index in [-0.39, 0.29) is 23.0 Å². The van der Waals surface area contributed by atoms with Crippen LogP contribution >= 0.6 is 32.9 Å². The van der Waals surface area contributed by atoms with E-state index in [9.17, 15) is 4.79 Å². The predicted octanol–water partition coefficient (Wildman–Crippen LogP) is 2.98. The minimum atomic E-state index is -0.327. The lowest BCUT2D eigenvalue weighted by Crippen LogP contribution is -2.09. The normalized spacial score (nSPS) is 10.0. The molecule has 0 saturated heterocycles. The molecular formula is C11H12Br2N2O2. The Morgan fingerprint density at radius 2 is 2.29 bits per heavy atom. The van der Waals surface area contributed by atoms with Gasteiger partial charge in [-0.2, -0.15) is 0 Å². The number of rotatable bonds is 3. The van der Waals surface area contributed by atoms with Gasteiger partial charge in [0.2, 0.25) is 0 Å². The molecule has 2 aromatic rings. The highest BCUT2D eigenvalue weighted by molar-refractivity contribution is 9.08. The Bertz CT molecular complexity index is 525. The molecule has 0 aliphatic heterocycles. The second-order valence-corrected chi connectivity index (χ2v) is 3.79. The van der Waals surface area contributed by atoms with Crippen molar-refractivity contribution in [1.29, 1.82) is 0 Å². The highest BCUT2D eigenvalue weighted by atomic mass is 79.9. The van der Waals surface area contributed by atoms with Gasteiger partial charge in [0.05, 0.1) is 12.3 Å². The van der Waals surface area contributed by atoms with E-state index < -0.39 is 0 Å². The molecule has 0 spiro atoms. The maximum atomic E-state index is 11.7. The van der Waals surface area contributed by atoms with Crippen LogP contribution in [0.2, 0.25) is 0 Å². The van der Waals surface area contributed by atoms with Crippen molar-refractivity contribution in [1.82, 2.24) is 9.38 Å². The highest BCUT2D eigenvalue weighted by Crippen LogP contribution is 2.12. The number of halogens is 2. The Balaban J connectivity index is 0.00000144. The van der Waals surface area contributed by atoms with Gasteiger partial charge in [-0.05, 0) is 19.1 Å². The van der Waals surface area contributed by atoms with Crippen LogP contribution in [-0.4, -0.2) is 22.0 Å². The van der Waals surface area contributed by atoms with Crippen LogP contribution in [0.1, 0.15) is 23.1 Å². The molecule has 2 heterocycles. The third-order valence-corrected chi connectivity index (χ3v) is 2.74. The molecule has 0 aliphatic rings. The van der Waals surface area contributed by atoms with E-state index in [1.807, 2.05) is 12.3 Å². The van der Waals surface area contributed by atoms with Gasteiger partial charge in [0.15, 0.2) is 0 Å². The van der Waals surface area contributed by atoms with Crippen molar-refractivity contribution in [3.05, 3.63) is 35.8 Å². The zero-order valence-corrected chi connectivity index (χ0v) is 12.5. The number of hydrogen-bond donors (Lipinski definition) is 0. The summed E-state index contributed by atoms with van der Waals surface area (Å²) >= 11 is 3.34. The van der Waals surface area contributed by atoms with Gasteiger partial charge in [-0.15, -0.1) is 17.0 Å². The Hall–Kier alpha value is -0.880. The van der Waals surface area contributed by atoms with Gasteiger partial charge in [0.25, 0.3) is 0 Å². The summed E-state index contributed by atoms with van der Waals surface area (Å²) < 4.78 is 6.72. The standard InChI is InChI=1S/C11H11BrN2O2.BrH/c1-2-16-11(15)9-4-3-5-10-13-8(6-12)7-14(9)10;/h3-5,7H,2,6H2,1H3;1H. The molecule has 17 heavy (non-hydrogen) atoms. The van der Waals surface area contributed by atoms with Gasteiger partial charge in [-0.3, -0.25) is 4.40 Å². The van der Waals surface area contributed by atoms with E-state index in [2.05, 4.69) is 20.9 Å². The first-order chi connectivity index (χ1) is 7.76. The molecule has 2 aromatic heterocycles. The van der Waals surface area contributed by atoms with Crippen LogP contribution in [0.3, 0.4) is 0 Å². The minimum Gasteiger partial charge on any atom is -0.461 e. The number of hydrogen-bond acceptors (Lipinski definition) is 3. The van der Waals surface area contributed by atoms with Gasteiger partial charge in [0, 0.05) is 11.5 Å². The average molecular weight is 364 g/mol. The SMILES string of the molecule is Br.CCOC(=O)c1cccc2nc(CBr)cn12. The van der Waals surface area contributed by atoms with Crippen molar-refractivity contribution in [2.75, 3.05) is 6.61 Å². The van der Waals surface area contributed by atoms with E-state index in [0.717, 1.165) is 11.3 Å². The van der Waals surface area contributed by atoms with E-state index in [4.69, 9.17) is 4.74 Å². The fraction of sp³-hybridized carbons (Fsp3) is 0.273. The minimum absolute atomic E-state index is 0. The monoisotopic (exact) mass is 362 g/mol. The summed E-state index contributed by atoms with van der Waals surface area (Å²) in [6.07, 6.45) is 1.83. The summed E-state index contributed by atoms with van der Waals surface area (Å²) in [5.74, 6) is -0.327. The smallest absolute Gasteiger partial charge is 0.355 e. The molecule has 0 atom stereocenters. The average Bonchev–Trinajstić information content (AvgIpc) is 2.71. The topological polar surface area (TPSA) is 43.6 Å². The largest absolute Gasteiger partial charge is 0.461 e.